The Morgan fingerprint density at radius 2 is 1.59 bits per heavy atom. The van der Waals surface area contributed by atoms with Crippen LogP contribution >= 0.6 is 0 Å². The van der Waals surface area contributed by atoms with Crippen molar-refractivity contribution in [3.63, 3.8) is 0 Å². The number of amides is 1. The quantitative estimate of drug-likeness (QED) is 0.349. The molecule has 1 aliphatic rings. The number of ether oxygens (including phenoxy) is 3. The van der Waals surface area contributed by atoms with E-state index in [1.165, 1.54) is 6.42 Å². The lowest BCUT2D eigenvalue weighted by Crippen LogP contribution is -2.24. The molecule has 174 valence electrons. The highest BCUT2D eigenvalue weighted by Crippen LogP contribution is 2.37. The van der Waals surface area contributed by atoms with Gasteiger partial charge in [0.1, 0.15) is 11.5 Å². The topological polar surface area (TPSA) is 69.7 Å². The standard InChI is InChI=1S/C28H28N2O4/c1-32-26-16-23-24(17-27(26)33-2)29-13-12-25(23)34-22-11-9-19-14-21(10-8-20(19)15-22)30-28(31)18-6-4-3-5-7-18/h8-18H,3-7H2,1-2H3,(H,30,31). The Labute approximate surface area is 198 Å². The predicted octanol–water partition coefficient (Wildman–Crippen LogP) is 6.72. The summed E-state index contributed by atoms with van der Waals surface area (Å²) in [6.07, 6.45) is 7.22. The molecule has 1 fully saturated rings. The van der Waals surface area contributed by atoms with E-state index in [2.05, 4.69) is 10.3 Å². The Morgan fingerprint density at radius 1 is 0.853 bits per heavy atom. The van der Waals surface area contributed by atoms with Gasteiger partial charge in [-0.1, -0.05) is 31.4 Å². The number of hydrogen-bond acceptors (Lipinski definition) is 5. The first kappa shape index (κ1) is 22.0. The smallest absolute Gasteiger partial charge is 0.227 e. The maximum absolute atomic E-state index is 12.6. The van der Waals surface area contributed by atoms with Crippen LogP contribution in [0.3, 0.4) is 0 Å². The minimum Gasteiger partial charge on any atom is -0.493 e. The van der Waals surface area contributed by atoms with Crippen LogP contribution in [0.15, 0.2) is 60.8 Å². The fraction of sp³-hybridized carbons (Fsp3) is 0.286. The first-order chi connectivity index (χ1) is 16.6. The molecule has 6 nitrogen and oxygen atoms in total. The molecule has 0 radical (unpaired) electrons. The summed E-state index contributed by atoms with van der Waals surface area (Å²) in [5.74, 6) is 2.91. The minimum absolute atomic E-state index is 0.133. The summed E-state index contributed by atoms with van der Waals surface area (Å²) in [7, 11) is 3.21. The van der Waals surface area contributed by atoms with E-state index in [4.69, 9.17) is 14.2 Å². The third-order valence-electron chi connectivity index (χ3n) is 6.49. The van der Waals surface area contributed by atoms with Crippen LogP contribution in [0.4, 0.5) is 5.69 Å². The highest BCUT2D eigenvalue weighted by molar-refractivity contribution is 5.96. The van der Waals surface area contributed by atoms with Crippen molar-refractivity contribution in [1.29, 1.82) is 0 Å². The van der Waals surface area contributed by atoms with Crippen LogP contribution in [-0.4, -0.2) is 25.1 Å². The maximum Gasteiger partial charge on any atom is 0.227 e. The number of rotatable bonds is 6. The Balaban J connectivity index is 1.38. The van der Waals surface area contributed by atoms with Crippen LogP contribution < -0.4 is 19.5 Å². The van der Waals surface area contributed by atoms with E-state index in [1.807, 2.05) is 54.6 Å². The fourth-order valence-corrected chi connectivity index (χ4v) is 4.64. The predicted molar refractivity (Wildman–Crippen MR) is 134 cm³/mol. The summed E-state index contributed by atoms with van der Waals surface area (Å²) in [5, 5.41) is 6.01. The Morgan fingerprint density at radius 3 is 2.38 bits per heavy atom. The molecule has 0 saturated heterocycles. The Bertz CT molecular complexity index is 1350. The van der Waals surface area contributed by atoms with Crippen molar-refractivity contribution < 1.29 is 19.0 Å². The molecular weight excluding hydrogens is 428 g/mol. The van der Waals surface area contributed by atoms with Gasteiger partial charge in [0, 0.05) is 29.3 Å². The summed E-state index contributed by atoms with van der Waals surface area (Å²) >= 11 is 0. The van der Waals surface area contributed by atoms with Gasteiger partial charge in [-0.3, -0.25) is 9.78 Å². The van der Waals surface area contributed by atoms with Crippen molar-refractivity contribution >= 4 is 33.3 Å². The molecule has 0 aliphatic heterocycles. The highest BCUT2D eigenvalue weighted by Gasteiger charge is 2.21. The van der Waals surface area contributed by atoms with Gasteiger partial charge in [-0.25, -0.2) is 0 Å². The molecule has 1 N–H and O–H groups in total. The summed E-state index contributed by atoms with van der Waals surface area (Å²) < 4.78 is 17.1. The van der Waals surface area contributed by atoms with Crippen molar-refractivity contribution in [3.8, 4) is 23.0 Å². The molecule has 5 rings (SSSR count). The second-order valence-corrected chi connectivity index (χ2v) is 8.68. The van der Waals surface area contributed by atoms with Crippen molar-refractivity contribution in [2.75, 3.05) is 19.5 Å². The zero-order valence-corrected chi connectivity index (χ0v) is 19.5. The van der Waals surface area contributed by atoms with Gasteiger partial charge >= 0.3 is 0 Å². The number of carbonyl (C=O) groups excluding carboxylic acids is 1. The molecule has 1 aromatic heterocycles. The summed E-state index contributed by atoms with van der Waals surface area (Å²) in [6.45, 7) is 0. The first-order valence-corrected chi connectivity index (χ1v) is 11.7. The molecule has 3 aromatic carbocycles. The van der Waals surface area contributed by atoms with E-state index in [9.17, 15) is 4.79 Å². The van der Waals surface area contributed by atoms with Gasteiger partial charge in [-0.05, 0) is 60.0 Å². The molecule has 0 unspecified atom stereocenters. The molecule has 4 aromatic rings. The van der Waals surface area contributed by atoms with Crippen LogP contribution in [0.5, 0.6) is 23.0 Å². The number of methoxy groups -OCH3 is 2. The van der Waals surface area contributed by atoms with E-state index < -0.39 is 0 Å². The van der Waals surface area contributed by atoms with Crippen molar-refractivity contribution in [2.45, 2.75) is 32.1 Å². The Kier molecular flexibility index (Phi) is 6.21. The lowest BCUT2D eigenvalue weighted by atomic mass is 9.88. The molecule has 0 spiro atoms. The van der Waals surface area contributed by atoms with Crippen LogP contribution in [-0.2, 0) is 4.79 Å². The molecule has 1 amide bonds. The Hall–Kier alpha value is -3.80. The monoisotopic (exact) mass is 456 g/mol. The van der Waals surface area contributed by atoms with Crippen LogP contribution in [0.25, 0.3) is 21.7 Å². The third kappa shape index (κ3) is 4.49. The summed E-state index contributed by atoms with van der Waals surface area (Å²) in [4.78, 5) is 17.0. The molecule has 1 heterocycles. The van der Waals surface area contributed by atoms with Gasteiger partial charge < -0.3 is 19.5 Å². The van der Waals surface area contributed by atoms with E-state index >= 15 is 0 Å². The van der Waals surface area contributed by atoms with E-state index in [-0.39, 0.29) is 11.8 Å². The van der Waals surface area contributed by atoms with E-state index in [1.54, 1.807) is 20.4 Å². The van der Waals surface area contributed by atoms with Crippen LogP contribution in [0.1, 0.15) is 32.1 Å². The number of nitrogens with one attached hydrogen (secondary N) is 1. The molecular formula is C28H28N2O4. The number of fused-ring (bicyclic) bond motifs is 2. The van der Waals surface area contributed by atoms with Crippen molar-refractivity contribution in [2.24, 2.45) is 5.92 Å². The van der Waals surface area contributed by atoms with Gasteiger partial charge in [0.05, 0.1) is 19.7 Å². The largest absolute Gasteiger partial charge is 0.493 e. The first-order valence-electron chi connectivity index (χ1n) is 11.7. The molecule has 0 bridgehead atoms. The van der Waals surface area contributed by atoms with Crippen LogP contribution in [0.2, 0.25) is 0 Å². The molecule has 1 aliphatic carbocycles. The summed E-state index contributed by atoms with van der Waals surface area (Å²) in [5.41, 5.74) is 1.59. The second-order valence-electron chi connectivity index (χ2n) is 8.68. The van der Waals surface area contributed by atoms with E-state index in [0.717, 1.165) is 53.0 Å². The minimum atomic E-state index is 0.133. The zero-order chi connectivity index (χ0) is 23.5. The third-order valence-corrected chi connectivity index (χ3v) is 6.49. The normalized spacial score (nSPS) is 14.2. The average molecular weight is 457 g/mol. The van der Waals surface area contributed by atoms with Crippen molar-refractivity contribution in [3.05, 3.63) is 60.8 Å². The highest BCUT2D eigenvalue weighted by atomic mass is 16.5. The zero-order valence-electron chi connectivity index (χ0n) is 19.5. The summed E-state index contributed by atoms with van der Waals surface area (Å²) in [6, 6.07) is 17.5. The van der Waals surface area contributed by atoms with Gasteiger partial charge in [0.15, 0.2) is 11.5 Å². The number of hydrogen-bond donors (Lipinski definition) is 1. The number of pyridine rings is 1. The van der Waals surface area contributed by atoms with Gasteiger partial charge in [0.25, 0.3) is 0 Å². The molecule has 1 saturated carbocycles. The number of nitrogens with zero attached hydrogens (tertiary/aromatic N) is 1. The van der Waals surface area contributed by atoms with Crippen LogP contribution in [0, 0.1) is 5.92 Å². The molecule has 6 heteroatoms. The lowest BCUT2D eigenvalue weighted by molar-refractivity contribution is -0.120. The molecule has 0 atom stereocenters. The number of aromatic nitrogens is 1. The van der Waals surface area contributed by atoms with Crippen molar-refractivity contribution in [1.82, 2.24) is 4.98 Å². The van der Waals surface area contributed by atoms with Gasteiger partial charge in [0.2, 0.25) is 5.91 Å². The van der Waals surface area contributed by atoms with Gasteiger partial charge in [-0.2, -0.15) is 0 Å². The van der Waals surface area contributed by atoms with E-state index in [0.29, 0.717) is 23.0 Å². The lowest BCUT2D eigenvalue weighted by Gasteiger charge is -2.20. The second kappa shape index (κ2) is 9.59. The molecule has 34 heavy (non-hydrogen) atoms. The number of anilines is 1. The fourth-order valence-electron chi connectivity index (χ4n) is 4.64. The maximum atomic E-state index is 12.6. The SMILES string of the molecule is COc1cc2nccc(Oc3ccc4cc(NC(=O)C5CCCCC5)ccc4c3)c2cc1OC. The average Bonchev–Trinajstić information content (AvgIpc) is 2.88. The number of carbonyl (C=O) groups is 1. The number of benzene rings is 3. The van der Waals surface area contributed by atoms with Gasteiger partial charge in [-0.15, -0.1) is 0 Å².